The molecule has 0 aliphatic carbocycles. The van der Waals surface area contributed by atoms with E-state index in [0.29, 0.717) is 12.2 Å². The molecule has 0 spiro atoms. The Hall–Kier alpha value is -1.35. The van der Waals surface area contributed by atoms with Crippen LogP contribution in [0.25, 0.3) is 10.1 Å². The summed E-state index contributed by atoms with van der Waals surface area (Å²) in [6.45, 7) is 2.23. The molecule has 0 bridgehead atoms. The highest BCUT2D eigenvalue weighted by atomic mass is 32.1. The van der Waals surface area contributed by atoms with Crippen molar-refractivity contribution in [2.24, 2.45) is 0 Å². The van der Waals surface area contributed by atoms with Gasteiger partial charge in [0.25, 0.3) is 0 Å². The first-order chi connectivity index (χ1) is 6.83. The van der Waals surface area contributed by atoms with E-state index in [4.69, 9.17) is 4.74 Å². The fourth-order valence-electron chi connectivity index (χ4n) is 1.34. The first-order valence-electron chi connectivity index (χ1n) is 4.46. The maximum absolute atomic E-state index is 11.5. The van der Waals surface area contributed by atoms with E-state index in [1.807, 2.05) is 36.6 Å². The number of carbonyl (C=O) groups is 1. The summed E-state index contributed by atoms with van der Waals surface area (Å²) in [5.41, 5.74) is 0.674. The predicted molar refractivity (Wildman–Crippen MR) is 57.8 cm³/mol. The van der Waals surface area contributed by atoms with E-state index in [-0.39, 0.29) is 5.97 Å². The molecule has 1 heterocycles. The minimum absolute atomic E-state index is 0.232. The average Bonchev–Trinajstić information content (AvgIpc) is 2.61. The molecule has 0 fully saturated rings. The largest absolute Gasteiger partial charge is 0.462 e. The van der Waals surface area contributed by atoms with Crippen LogP contribution in [0.3, 0.4) is 0 Å². The second-order valence-corrected chi connectivity index (χ2v) is 3.78. The van der Waals surface area contributed by atoms with E-state index in [9.17, 15) is 4.79 Å². The molecule has 72 valence electrons. The summed E-state index contributed by atoms with van der Waals surface area (Å²) in [5.74, 6) is -0.232. The molecule has 0 atom stereocenters. The summed E-state index contributed by atoms with van der Waals surface area (Å²) in [6.07, 6.45) is 0. The monoisotopic (exact) mass is 206 g/mol. The maximum atomic E-state index is 11.5. The van der Waals surface area contributed by atoms with Crippen LogP contribution in [0.5, 0.6) is 0 Å². The van der Waals surface area contributed by atoms with Crippen molar-refractivity contribution in [2.75, 3.05) is 6.61 Å². The molecule has 2 rings (SSSR count). The third-order valence-electron chi connectivity index (χ3n) is 1.98. The summed E-state index contributed by atoms with van der Waals surface area (Å²) in [6, 6.07) is 7.84. The van der Waals surface area contributed by atoms with Gasteiger partial charge in [0, 0.05) is 15.5 Å². The molecule has 2 nitrogen and oxygen atoms in total. The van der Waals surface area contributed by atoms with Crippen LogP contribution < -0.4 is 0 Å². The molecule has 14 heavy (non-hydrogen) atoms. The number of benzene rings is 1. The molecular weight excluding hydrogens is 196 g/mol. The molecule has 0 amide bonds. The predicted octanol–water partition coefficient (Wildman–Crippen LogP) is 3.08. The lowest BCUT2D eigenvalue weighted by Gasteiger charge is -1.98. The van der Waals surface area contributed by atoms with Crippen LogP contribution in [0.15, 0.2) is 29.6 Å². The van der Waals surface area contributed by atoms with Gasteiger partial charge in [0.2, 0.25) is 0 Å². The number of hydrogen-bond donors (Lipinski definition) is 0. The standard InChI is InChI=1S/C11H10O2S/c1-2-13-11(12)9-7-14-10-6-4-3-5-8(9)10/h3-7H,2H2,1H3. The summed E-state index contributed by atoms with van der Waals surface area (Å²) in [4.78, 5) is 11.5. The third kappa shape index (κ3) is 1.51. The van der Waals surface area contributed by atoms with E-state index in [1.165, 1.54) is 0 Å². The van der Waals surface area contributed by atoms with Gasteiger partial charge >= 0.3 is 5.97 Å². The van der Waals surface area contributed by atoms with Gasteiger partial charge in [-0.15, -0.1) is 11.3 Å². The van der Waals surface area contributed by atoms with E-state index in [0.717, 1.165) is 10.1 Å². The van der Waals surface area contributed by atoms with Crippen LogP contribution in [0.4, 0.5) is 0 Å². The summed E-state index contributed by atoms with van der Waals surface area (Å²) < 4.78 is 6.08. The van der Waals surface area contributed by atoms with E-state index >= 15 is 0 Å². The molecule has 2 aromatic rings. The molecule has 0 radical (unpaired) electrons. The van der Waals surface area contributed by atoms with Crippen LogP contribution in [0.1, 0.15) is 17.3 Å². The Morgan fingerprint density at radius 3 is 3.00 bits per heavy atom. The third-order valence-corrected chi connectivity index (χ3v) is 2.94. The number of ether oxygens (including phenoxy) is 1. The summed E-state index contributed by atoms with van der Waals surface area (Å²) >= 11 is 1.57. The Morgan fingerprint density at radius 2 is 2.21 bits per heavy atom. The first-order valence-corrected chi connectivity index (χ1v) is 5.34. The minimum atomic E-state index is -0.232. The maximum Gasteiger partial charge on any atom is 0.339 e. The Kier molecular flexibility index (Phi) is 2.50. The fraction of sp³-hybridized carbons (Fsp3) is 0.182. The Bertz CT molecular complexity index is 459. The van der Waals surface area contributed by atoms with Crippen LogP contribution >= 0.6 is 11.3 Å². The number of carbonyl (C=O) groups excluding carboxylic acids is 1. The quantitative estimate of drug-likeness (QED) is 0.706. The van der Waals surface area contributed by atoms with Crippen molar-refractivity contribution in [3.63, 3.8) is 0 Å². The number of esters is 1. The Labute approximate surface area is 86.1 Å². The molecule has 0 aliphatic heterocycles. The highest BCUT2D eigenvalue weighted by Gasteiger charge is 2.11. The van der Waals surface area contributed by atoms with Crippen molar-refractivity contribution >= 4 is 27.4 Å². The second-order valence-electron chi connectivity index (χ2n) is 2.87. The zero-order chi connectivity index (χ0) is 9.97. The minimum Gasteiger partial charge on any atom is -0.462 e. The van der Waals surface area contributed by atoms with Gasteiger partial charge in [0.1, 0.15) is 0 Å². The van der Waals surface area contributed by atoms with Crippen molar-refractivity contribution in [2.45, 2.75) is 6.92 Å². The average molecular weight is 206 g/mol. The van der Waals surface area contributed by atoms with E-state index in [1.54, 1.807) is 11.3 Å². The molecule has 0 unspecified atom stereocenters. The number of hydrogen-bond acceptors (Lipinski definition) is 3. The van der Waals surface area contributed by atoms with Crippen LogP contribution in [-0.4, -0.2) is 12.6 Å². The zero-order valence-electron chi connectivity index (χ0n) is 7.82. The Balaban J connectivity index is 2.47. The van der Waals surface area contributed by atoms with Gasteiger partial charge in [-0.2, -0.15) is 0 Å². The number of fused-ring (bicyclic) bond motifs is 1. The van der Waals surface area contributed by atoms with E-state index in [2.05, 4.69) is 0 Å². The highest BCUT2D eigenvalue weighted by molar-refractivity contribution is 7.17. The smallest absolute Gasteiger partial charge is 0.339 e. The Morgan fingerprint density at radius 1 is 1.43 bits per heavy atom. The normalized spacial score (nSPS) is 10.4. The first kappa shape index (κ1) is 9.21. The van der Waals surface area contributed by atoms with Gasteiger partial charge in [-0.25, -0.2) is 4.79 Å². The molecule has 0 aliphatic rings. The molecule has 0 saturated heterocycles. The second kappa shape index (κ2) is 3.80. The van der Waals surface area contributed by atoms with E-state index < -0.39 is 0 Å². The van der Waals surface area contributed by atoms with Gasteiger partial charge in [0.05, 0.1) is 12.2 Å². The van der Waals surface area contributed by atoms with Gasteiger partial charge in [-0.3, -0.25) is 0 Å². The van der Waals surface area contributed by atoms with Gasteiger partial charge in [0.15, 0.2) is 0 Å². The number of thiophene rings is 1. The van der Waals surface area contributed by atoms with Crippen molar-refractivity contribution in [3.05, 3.63) is 35.2 Å². The van der Waals surface area contributed by atoms with Crippen LogP contribution in [-0.2, 0) is 4.74 Å². The number of rotatable bonds is 2. The molecule has 3 heteroatoms. The lowest BCUT2D eigenvalue weighted by atomic mass is 10.2. The van der Waals surface area contributed by atoms with Crippen LogP contribution in [0, 0.1) is 0 Å². The van der Waals surface area contributed by atoms with Crippen molar-refractivity contribution in [1.29, 1.82) is 0 Å². The SMILES string of the molecule is CCOC(=O)c1csc2ccccc12. The molecule has 0 N–H and O–H groups in total. The fourth-order valence-corrected chi connectivity index (χ4v) is 2.27. The molecule has 1 aromatic carbocycles. The molecular formula is C11H10O2S. The molecule has 0 saturated carbocycles. The lowest BCUT2D eigenvalue weighted by Crippen LogP contribution is -2.03. The zero-order valence-corrected chi connectivity index (χ0v) is 8.64. The van der Waals surface area contributed by atoms with Crippen LogP contribution in [0.2, 0.25) is 0 Å². The van der Waals surface area contributed by atoms with Gasteiger partial charge in [-0.05, 0) is 13.0 Å². The van der Waals surface area contributed by atoms with Gasteiger partial charge < -0.3 is 4.74 Å². The molecule has 1 aromatic heterocycles. The summed E-state index contributed by atoms with van der Waals surface area (Å²) in [5, 5.41) is 2.83. The topological polar surface area (TPSA) is 26.3 Å². The lowest BCUT2D eigenvalue weighted by molar-refractivity contribution is 0.0529. The highest BCUT2D eigenvalue weighted by Crippen LogP contribution is 2.25. The summed E-state index contributed by atoms with van der Waals surface area (Å²) in [7, 11) is 0. The van der Waals surface area contributed by atoms with Crippen molar-refractivity contribution in [1.82, 2.24) is 0 Å². The van der Waals surface area contributed by atoms with Crippen molar-refractivity contribution < 1.29 is 9.53 Å². The van der Waals surface area contributed by atoms with Gasteiger partial charge in [-0.1, -0.05) is 18.2 Å². The van der Waals surface area contributed by atoms with Crippen molar-refractivity contribution in [3.8, 4) is 0 Å².